The van der Waals surface area contributed by atoms with Gasteiger partial charge in [0.1, 0.15) is 11.5 Å². The molecule has 0 bridgehead atoms. The lowest BCUT2D eigenvalue weighted by Crippen LogP contribution is -2.19. The van der Waals surface area contributed by atoms with Gasteiger partial charge in [-0.05, 0) is 105 Å². The minimum absolute atomic E-state index is 0.00910. The van der Waals surface area contributed by atoms with Crippen LogP contribution < -0.4 is 4.74 Å². The zero-order valence-corrected chi connectivity index (χ0v) is 31.8. The maximum Gasteiger partial charge on any atom is 0.422 e. The normalized spacial score (nSPS) is 13.7. The Bertz CT molecular complexity index is 2260. The molecule has 6 rings (SSSR count). The second-order valence-corrected chi connectivity index (χ2v) is 14.5. The van der Waals surface area contributed by atoms with Crippen LogP contribution in [0, 0.1) is 26.7 Å². The third-order valence-corrected chi connectivity index (χ3v) is 10.3. The summed E-state index contributed by atoms with van der Waals surface area (Å²) in [6, 6.07) is 18.2. The number of hydrogen-bond acceptors (Lipinski definition) is 5. The number of halogens is 3. The van der Waals surface area contributed by atoms with Gasteiger partial charge in [0.25, 0.3) is 0 Å². The van der Waals surface area contributed by atoms with Crippen LogP contribution in [0.2, 0.25) is 0 Å². The second kappa shape index (κ2) is 16.0. The van der Waals surface area contributed by atoms with Crippen LogP contribution in [0.25, 0.3) is 27.9 Å². The van der Waals surface area contributed by atoms with Gasteiger partial charge in [-0.2, -0.15) is 13.2 Å². The molecule has 282 valence electrons. The molecule has 54 heavy (non-hydrogen) atoms. The Morgan fingerprint density at radius 3 is 2.28 bits per heavy atom. The van der Waals surface area contributed by atoms with Crippen molar-refractivity contribution in [1.82, 2.24) is 4.57 Å². The third kappa shape index (κ3) is 8.15. The predicted molar refractivity (Wildman–Crippen MR) is 210 cm³/mol. The molecule has 9 heteroatoms. The number of aromatic nitrogens is 1. The maximum atomic E-state index is 14.7. The number of carbonyl (C=O) groups excluding carboxylic acids is 2. The third-order valence-electron chi connectivity index (χ3n) is 10.3. The fourth-order valence-corrected chi connectivity index (χ4v) is 7.86. The van der Waals surface area contributed by atoms with Gasteiger partial charge in [0.05, 0.1) is 5.52 Å². The van der Waals surface area contributed by atoms with E-state index in [9.17, 15) is 22.8 Å². The van der Waals surface area contributed by atoms with E-state index in [2.05, 4.69) is 60.0 Å². The molecule has 1 aliphatic rings. The predicted octanol–water partition coefficient (Wildman–Crippen LogP) is 11.4. The van der Waals surface area contributed by atoms with Gasteiger partial charge in [-0.1, -0.05) is 74.2 Å². The molecule has 0 saturated carbocycles. The van der Waals surface area contributed by atoms with Crippen molar-refractivity contribution in [3.8, 4) is 5.75 Å². The number of alkyl halides is 3. The van der Waals surface area contributed by atoms with E-state index < -0.39 is 18.8 Å². The standard InChI is InChI=1S/C45H47F3N2O4/c1-7-9-12-31(8-2)25-50-40-20-17-33(42(49-54-30(6)51)32-15-18-34(19-16-32)53-26-45(46,47)48)23-37(40)38-24-39(35-13-10-11-14-36(35)43(38)50)44(52)41-28(4)21-27(3)22-29(41)5/h11,14-24,31H,7-10,12-13,25-26H2,1-6H3/b49-42-. The van der Waals surface area contributed by atoms with E-state index in [4.69, 9.17) is 9.57 Å². The van der Waals surface area contributed by atoms with Crippen molar-refractivity contribution < 1.29 is 32.3 Å². The van der Waals surface area contributed by atoms with Crippen LogP contribution in [0.15, 0.2) is 71.9 Å². The van der Waals surface area contributed by atoms with Gasteiger partial charge in [0.2, 0.25) is 0 Å². The molecule has 6 nitrogen and oxygen atoms in total. The number of benzene rings is 4. The monoisotopic (exact) mass is 736 g/mol. The summed E-state index contributed by atoms with van der Waals surface area (Å²) < 4.78 is 45.8. The molecule has 4 aromatic carbocycles. The number of nitrogens with zero attached hydrogens (tertiary/aromatic N) is 2. The average Bonchev–Trinajstić information content (AvgIpc) is 3.44. The molecule has 0 spiro atoms. The van der Waals surface area contributed by atoms with Crippen molar-refractivity contribution in [3.63, 3.8) is 0 Å². The Kier molecular flexibility index (Phi) is 11.5. The zero-order valence-electron chi connectivity index (χ0n) is 31.8. The minimum Gasteiger partial charge on any atom is -0.484 e. The molecule has 0 N–H and O–H groups in total. The van der Waals surface area contributed by atoms with Crippen LogP contribution in [0.5, 0.6) is 5.75 Å². The maximum absolute atomic E-state index is 14.7. The SMILES string of the molecule is CCCCC(CC)Cn1c2ccc(/C(=N\OC(C)=O)c3ccc(OCC(F)(F)F)cc3)cc2c2cc(C(=O)c3c(C)cc(C)cc3C)c3c(c21)C=CCC3. The van der Waals surface area contributed by atoms with E-state index in [1.807, 2.05) is 32.9 Å². The second-order valence-electron chi connectivity index (χ2n) is 14.5. The molecule has 0 fully saturated rings. The number of oxime groups is 1. The van der Waals surface area contributed by atoms with Gasteiger partial charge in [0.15, 0.2) is 12.4 Å². The number of rotatable bonds is 13. The molecule has 1 aromatic heterocycles. The van der Waals surface area contributed by atoms with E-state index >= 15 is 0 Å². The van der Waals surface area contributed by atoms with E-state index in [0.29, 0.717) is 28.3 Å². The molecule has 0 radical (unpaired) electrons. The smallest absolute Gasteiger partial charge is 0.422 e. The number of unbranched alkanes of at least 4 members (excludes halogenated alkanes) is 1. The fraction of sp³-hybridized carbons (Fsp3) is 0.356. The van der Waals surface area contributed by atoms with E-state index in [-0.39, 0.29) is 11.5 Å². The summed E-state index contributed by atoms with van der Waals surface area (Å²) in [5.74, 6) is -0.111. The average molecular weight is 737 g/mol. The first-order valence-corrected chi connectivity index (χ1v) is 18.8. The van der Waals surface area contributed by atoms with Crippen molar-refractivity contribution >= 4 is 45.3 Å². The Balaban J connectivity index is 1.58. The molecule has 0 saturated heterocycles. The molecular formula is C45H47F3N2O4. The molecular weight excluding hydrogens is 689 g/mol. The molecule has 0 aliphatic heterocycles. The number of fused-ring (bicyclic) bond motifs is 5. The Morgan fingerprint density at radius 2 is 1.63 bits per heavy atom. The lowest BCUT2D eigenvalue weighted by molar-refractivity contribution is -0.153. The van der Waals surface area contributed by atoms with E-state index in [1.54, 1.807) is 12.1 Å². The number of aryl methyl sites for hydroxylation is 3. The summed E-state index contributed by atoms with van der Waals surface area (Å²) in [4.78, 5) is 31.8. The fourth-order valence-electron chi connectivity index (χ4n) is 7.86. The van der Waals surface area contributed by atoms with Gasteiger partial charge in [-0.25, -0.2) is 4.79 Å². The zero-order chi connectivity index (χ0) is 38.7. The Hall–Kier alpha value is -5.18. The molecule has 1 atom stereocenters. The van der Waals surface area contributed by atoms with Crippen molar-refractivity contribution in [3.05, 3.63) is 117 Å². The summed E-state index contributed by atoms with van der Waals surface area (Å²) in [5.41, 5.74) is 10.1. The van der Waals surface area contributed by atoms with E-state index in [0.717, 1.165) is 100 Å². The number of allylic oxidation sites excluding steroid dienone is 1. The number of ketones is 1. The lowest BCUT2D eigenvalue weighted by atomic mass is 9.84. The quantitative estimate of drug-likeness (QED) is 0.0522. The van der Waals surface area contributed by atoms with Crippen LogP contribution in [0.4, 0.5) is 13.2 Å². The highest BCUT2D eigenvalue weighted by Gasteiger charge is 2.29. The van der Waals surface area contributed by atoms with E-state index in [1.165, 1.54) is 19.1 Å². The molecule has 1 aliphatic carbocycles. The largest absolute Gasteiger partial charge is 0.484 e. The van der Waals surface area contributed by atoms with Gasteiger partial charge >= 0.3 is 12.1 Å². The van der Waals surface area contributed by atoms with Crippen molar-refractivity contribution in [2.45, 2.75) is 92.8 Å². The highest BCUT2D eigenvalue weighted by Crippen LogP contribution is 2.40. The van der Waals surface area contributed by atoms with Crippen molar-refractivity contribution in [1.29, 1.82) is 0 Å². The topological polar surface area (TPSA) is 69.9 Å². The first-order chi connectivity index (χ1) is 25.8. The highest BCUT2D eigenvalue weighted by molar-refractivity contribution is 6.20. The highest BCUT2D eigenvalue weighted by atomic mass is 19.4. The molecule has 1 unspecified atom stereocenters. The van der Waals surface area contributed by atoms with Crippen LogP contribution in [-0.4, -0.2) is 34.8 Å². The summed E-state index contributed by atoms with van der Waals surface area (Å²) in [5, 5.41) is 6.08. The molecule has 0 amide bonds. The first-order valence-electron chi connectivity index (χ1n) is 18.8. The first kappa shape index (κ1) is 38.5. The van der Waals surface area contributed by atoms with Crippen LogP contribution >= 0.6 is 0 Å². The van der Waals surface area contributed by atoms with Gasteiger partial charge < -0.3 is 14.1 Å². The molecule has 5 aromatic rings. The van der Waals surface area contributed by atoms with Crippen molar-refractivity contribution in [2.75, 3.05) is 6.61 Å². The summed E-state index contributed by atoms with van der Waals surface area (Å²) >= 11 is 0. The summed E-state index contributed by atoms with van der Waals surface area (Å²) in [7, 11) is 0. The summed E-state index contributed by atoms with van der Waals surface area (Å²) in [6.45, 7) is 11.1. The van der Waals surface area contributed by atoms with Crippen molar-refractivity contribution in [2.24, 2.45) is 11.1 Å². The Morgan fingerprint density at radius 1 is 0.926 bits per heavy atom. The van der Waals surface area contributed by atoms with Gasteiger partial charge in [0, 0.05) is 57.6 Å². The Labute approximate surface area is 314 Å². The van der Waals surface area contributed by atoms with Crippen LogP contribution in [0.1, 0.15) is 108 Å². The van der Waals surface area contributed by atoms with Crippen LogP contribution in [-0.2, 0) is 22.6 Å². The number of hydrogen-bond donors (Lipinski definition) is 0. The van der Waals surface area contributed by atoms with Gasteiger partial charge in [-0.15, -0.1) is 0 Å². The summed E-state index contributed by atoms with van der Waals surface area (Å²) in [6.07, 6.45) is 5.89. The lowest BCUT2D eigenvalue weighted by Gasteiger charge is -2.22. The number of carbonyl (C=O) groups is 2. The van der Waals surface area contributed by atoms with Crippen LogP contribution in [0.3, 0.4) is 0 Å². The minimum atomic E-state index is -4.47. The van der Waals surface area contributed by atoms with Gasteiger partial charge in [-0.3, -0.25) is 4.79 Å². The molecule has 1 heterocycles. The number of ether oxygens (including phenoxy) is 1.